The molecule has 0 aliphatic rings. The van der Waals surface area contributed by atoms with Gasteiger partial charge in [-0.05, 0) is 42.5 Å². The summed E-state index contributed by atoms with van der Waals surface area (Å²) in [5, 5.41) is 0. The third kappa shape index (κ3) is 2.59. The highest BCUT2D eigenvalue weighted by atomic mass is 79.9. The third-order valence-corrected chi connectivity index (χ3v) is 4.16. The number of H-pyrrole nitrogens is 1. The molecular formula is C18H11BrN2O2. The average molecular weight is 367 g/mol. The maximum atomic E-state index is 10.7. The van der Waals surface area contributed by atoms with Crippen molar-refractivity contribution in [1.29, 1.82) is 0 Å². The van der Waals surface area contributed by atoms with E-state index in [1.54, 1.807) is 12.1 Å². The lowest BCUT2D eigenvalue weighted by molar-refractivity contribution is 0.110. The lowest BCUT2D eigenvalue weighted by Gasteiger charge is -1.96. The van der Waals surface area contributed by atoms with Crippen molar-refractivity contribution >= 4 is 33.2 Å². The number of carbonyl (C=O) groups is 1. The van der Waals surface area contributed by atoms with Crippen LogP contribution in [0.25, 0.3) is 33.7 Å². The van der Waals surface area contributed by atoms with E-state index >= 15 is 0 Å². The fourth-order valence-electron chi connectivity index (χ4n) is 2.48. The smallest absolute Gasteiger partial charge is 0.185 e. The minimum atomic E-state index is 0.320. The van der Waals surface area contributed by atoms with Crippen LogP contribution in [0, 0.1) is 0 Å². The molecule has 4 aromatic rings. The van der Waals surface area contributed by atoms with Gasteiger partial charge >= 0.3 is 0 Å². The van der Waals surface area contributed by atoms with Crippen LogP contribution >= 0.6 is 15.9 Å². The number of aromatic nitrogens is 2. The zero-order valence-electron chi connectivity index (χ0n) is 11.9. The molecule has 112 valence electrons. The van der Waals surface area contributed by atoms with E-state index in [-0.39, 0.29) is 0 Å². The Labute approximate surface area is 140 Å². The Morgan fingerprint density at radius 1 is 1.00 bits per heavy atom. The van der Waals surface area contributed by atoms with Gasteiger partial charge in [0.1, 0.15) is 11.6 Å². The largest absolute Gasteiger partial charge is 0.453 e. The molecule has 0 aliphatic carbocycles. The van der Waals surface area contributed by atoms with Crippen LogP contribution in [0.1, 0.15) is 10.6 Å². The zero-order valence-corrected chi connectivity index (χ0v) is 13.5. The van der Waals surface area contributed by atoms with E-state index in [4.69, 9.17) is 4.42 Å². The third-order valence-electron chi connectivity index (χ3n) is 3.63. The maximum Gasteiger partial charge on any atom is 0.185 e. The number of benzene rings is 2. The zero-order chi connectivity index (χ0) is 15.8. The van der Waals surface area contributed by atoms with Gasteiger partial charge in [-0.2, -0.15) is 0 Å². The summed E-state index contributed by atoms with van der Waals surface area (Å²) < 4.78 is 6.50. The van der Waals surface area contributed by atoms with Gasteiger partial charge in [0.25, 0.3) is 0 Å². The van der Waals surface area contributed by atoms with E-state index in [0.29, 0.717) is 17.8 Å². The van der Waals surface area contributed by atoms with Crippen LogP contribution in [0.5, 0.6) is 0 Å². The minimum Gasteiger partial charge on any atom is -0.453 e. The molecule has 2 heterocycles. The Hall–Kier alpha value is -2.66. The Balaban J connectivity index is 1.77. The number of fused-ring (bicyclic) bond motifs is 1. The number of aldehydes is 1. The molecule has 4 rings (SSSR count). The number of furan rings is 1. The van der Waals surface area contributed by atoms with Crippen LogP contribution in [-0.2, 0) is 0 Å². The van der Waals surface area contributed by atoms with Crippen LogP contribution in [0.2, 0.25) is 0 Å². The van der Waals surface area contributed by atoms with Gasteiger partial charge in [0.2, 0.25) is 0 Å². The summed E-state index contributed by atoms with van der Waals surface area (Å²) in [6.45, 7) is 0. The van der Waals surface area contributed by atoms with Gasteiger partial charge < -0.3 is 9.40 Å². The summed E-state index contributed by atoms with van der Waals surface area (Å²) in [6.07, 6.45) is 0.698. The number of carbonyl (C=O) groups excluding carboxylic acids is 1. The van der Waals surface area contributed by atoms with Crippen molar-refractivity contribution in [2.45, 2.75) is 0 Å². The van der Waals surface area contributed by atoms with Crippen molar-refractivity contribution in [3.63, 3.8) is 0 Å². The predicted octanol–water partition coefficient (Wildman–Crippen LogP) is 5.06. The van der Waals surface area contributed by atoms with E-state index in [1.807, 2.05) is 42.5 Å². The van der Waals surface area contributed by atoms with Crippen LogP contribution in [0.4, 0.5) is 0 Å². The first-order valence-electron chi connectivity index (χ1n) is 7.04. The number of aromatic amines is 1. The topological polar surface area (TPSA) is 58.9 Å². The first-order valence-corrected chi connectivity index (χ1v) is 7.83. The molecule has 4 nitrogen and oxygen atoms in total. The molecule has 1 N–H and O–H groups in total. The summed E-state index contributed by atoms with van der Waals surface area (Å²) >= 11 is 3.43. The molecule has 0 unspecified atom stereocenters. The Morgan fingerprint density at radius 2 is 1.78 bits per heavy atom. The summed E-state index contributed by atoms with van der Waals surface area (Å²) in [4.78, 5) is 18.7. The van der Waals surface area contributed by atoms with E-state index in [2.05, 4.69) is 25.9 Å². The SMILES string of the molecule is O=Cc1ccc(-c2ccc3nc(-c4ccc(Br)cc4)[nH]c3c2)o1. The highest BCUT2D eigenvalue weighted by Crippen LogP contribution is 2.27. The molecule has 5 heteroatoms. The average Bonchev–Trinajstić information content (AvgIpc) is 3.21. The summed E-state index contributed by atoms with van der Waals surface area (Å²) in [5.74, 6) is 1.80. The van der Waals surface area contributed by atoms with Crippen molar-refractivity contribution in [2.75, 3.05) is 0 Å². The van der Waals surface area contributed by atoms with Crippen molar-refractivity contribution in [3.05, 3.63) is 64.8 Å². The van der Waals surface area contributed by atoms with Crippen LogP contribution < -0.4 is 0 Å². The van der Waals surface area contributed by atoms with Gasteiger partial charge in [0.05, 0.1) is 11.0 Å². The van der Waals surface area contributed by atoms with Crippen molar-refractivity contribution < 1.29 is 9.21 Å². The van der Waals surface area contributed by atoms with Crippen LogP contribution in [0.15, 0.2) is 63.5 Å². The molecule has 2 aromatic heterocycles. The predicted molar refractivity (Wildman–Crippen MR) is 92.3 cm³/mol. The Bertz CT molecular complexity index is 999. The van der Waals surface area contributed by atoms with Crippen LogP contribution in [-0.4, -0.2) is 16.3 Å². The van der Waals surface area contributed by atoms with Crippen molar-refractivity contribution in [3.8, 4) is 22.7 Å². The second-order valence-electron chi connectivity index (χ2n) is 5.14. The lowest BCUT2D eigenvalue weighted by atomic mass is 10.1. The summed E-state index contributed by atoms with van der Waals surface area (Å²) in [7, 11) is 0. The number of rotatable bonds is 3. The highest BCUT2D eigenvalue weighted by molar-refractivity contribution is 9.10. The van der Waals surface area contributed by atoms with Gasteiger partial charge in [-0.25, -0.2) is 4.98 Å². The second kappa shape index (κ2) is 5.52. The van der Waals surface area contributed by atoms with E-state index in [0.717, 1.165) is 32.5 Å². The first-order chi connectivity index (χ1) is 11.2. The Morgan fingerprint density at radius 3 is 2.52 bits per heavy atom. The number of halogens is 1. The molecule has 0 atom stereocenters. The molecule has 0 fully saturated rings. The molecule has 0 saturated heterocycles. The molecule has 0 amide bonds. The number of hydrogen-bond acceptors (Lipinski definition) is 3. The maximum absolute atomic E-state index is 10.7. The van der Waals surface area contributed by atoms with Gasteiger partial charge in [-0.15, -0.1) is 0 Å². The van der Waals surface area contributed by atoms with Crippen molar-refractivity contribution in [1.82, 2.24) is 9.97 Å². The van der Waals surface area contributed by atoms with Crippen LogP contribution in [0.3, 0.4) is 0 Å². The molecule has 0 bridgehead atoms. The Kier molecular flexibility index (Phi) is 3.35. The van der Waals surface area contributed by atoms with Gasteiger partial charge in [-0.3, -0.25) is 4.79 Å². The van der Waals surface area contributed by atoms with E-state index in [1.165, 1.54) is 0 Å². The fraction of sp³-hybridized carbons (Fsp3) is 0. The van der Waals surface area contributed by atoms with Gasteiger partial charge in [0, 0.05) is 15.6 Å². The number of nitrogens with one attached hydrogen (secondary N) is 1. The molecule has 0 saturated carbocycles. The molecule has 0 radical (unpaired) electrons. The number of imidazole rings is 1. The van der Waals surface area contributed by atoms with Crippen molar-refractivity contribution in [2.24, 2.45) is 0 Å². The fourth-order valence-corrected chi connectivity index (χ4v) is 2.74. The standard InChI is InChI=1S/C18H11BrN2O2/c19-13-4-1-11(2-5-13)18-20-15-7-3-12(9-16(15)21-18)17-8-6-14(10-22)23-17/h1-10H,(H,20,21). The van der Waals surface area contributed by atoms with Gasteiger partial charge in [-0.1, -0.05) is 28.1 Å². The molecule has 23 heavy (non-hydrogen) atoms. The molecule has 0 spiro atoms. The highest BCUT2D eigenvalue weighted by Gasteiger charge is 2.09. The molecular weight excluding hydrogens is 356 g/mol. The minimum absolute atomic E-state index is 0.320. The summed E-state index contributed by atoms with van der Waals surface area (Å²) in [6, 6.07) is 17.3. The first kappa shape index (κ1) is 14.0. The van der Waals surface area contributed by atoms with Gasteiger partial charge in [0.15, 0.2) is 12.0 Å². The molecule has 0 aliphatic heterocycles. The normalized spacial score (nSPS) is 11.0. The van der Waals surface area contributed by atoms with E-state index in [9.17, 15) is 4.79 Å². The monoisotopic (exact) mass is 366 g/mol. The quantitative estimate of drug-likeness (QED) is 0.515. The summed E-state index contributed by atoms with van der Waals surface area (Å²) in [5.41, 5.74) is 3.72. The lowest BCUT2D eigenvalue weighted by Crippen LogP contribution is -1.78. The number of hydrogen-bond donors (Lipinski definition) is 1. The number of nitrogens with zero attached hydrogens (tertiary/aromatic N) is 1. The molecule has 2 aromatic carbocycles. The van der Waals surface area contributed by atoms with E-state index < -0.39 is 0 Å². The second-order valence-corrected chi connectivity index (χ2v) is 6.06.